The Morgan fingerprint density at radius 1 is 0.923 bits per heavy atom. The Hall–Kier alpha value is -4.25. The van der Waals surface area contributed by atoms with Crippen LogP contribution in [0.15, 0.2) is 89.8 Å². The number of hydrogen-bond donors (Lipinski definition) is 1. The molecule has 206 valence electrons. The van der Waals surface area contributed by atoms with Gasteiger partial charge in [0.05, 0.1) is 15.5 Å². The third-order valence-corrected chi connectivity index (χ3v) is 7.77. The highest BCUT2D eigenvalue weighted by Crippen LogP contribution is 2.27. The van der Waals surface area contributed by atoms with Crippen molar-refractivity contribution in [2.24, 2.45) is 5.92 Å². The molecule has 11 heteroatoms. The average molecular weight is 553 g/mol. The molecule has 3 aromatic rings. The topological polar surface area (TPSA) is 130 Å². The Morgan fingerprint density at radius 2 is 1.54 bits per heavy atom. The SMILES string of the molecule is CC(C)CNC(=O)[C@H](C)N(Cc1ccccc1)C(=O)CN(c1cccc([N+](=O)[O-])c1)S(=O)(=O)c1ccccc1. The molecular formula is C28H32N4O6S. The van der Waals surface area contributed by atoms with Crippen LogP contribution in [-0.4, -0.2) is 49.2 Å². The summed E-state index contributed by atoms with van der Waals surface area (Å²) in [5, 5.41) is 14.2. The molecule has 0 bridgehead atoms. The smallest absolute Gasteiger partial charge is 0.271 e. The molecule has 0 aromatic heterocycles. The summed E-state index contributed by atoms with van der Waals surface area (Å²) in [5.74, 6) is -0.822. The van der Waals surface area contributed by atoms with E-state index in [1.54, 1.807) is 49.4 Å². The van der Waals surface area contributed by atoms with Crippen LogP contribution in [0, 0.1) is 16.0 Å². The highest BCUT2D eigenvalue weighted by atomic mass is 32.2. The summed E-state index contributed by atoms with van der Waals surface area (Å²) >= 11 is 0. The minimum absolute atomic E-state index is 0.0435. The zero-order valence-electron chi connectivity index (χ0n) is 22.1. The Balaban J connectivity index is 2.03. The van der Waals surface area contributed by atoms with E-state index in [4.69, 9.17) is 0 Å². The van der Waals surface area contributed by atoms with Crippen LogP contribution < -0.4 is 9.62 Å². The van der Waals surface area contributed by atoms with Gasteiger partial charge in [0.15, 0.2) is 0 Å². The fourth-order valence-corrected chi connectivity index (χ4v) is 5.25. The molecule has 0 unspecified atom stereocenters. The van der Waals surface area contributed by atoms with Gasteiger partial charge in [-0.1, -0.05) is 68.4 Å². The standard InChI is InChI=1S/C28H32N4O6S/c1-21(2)18-29-28(34)22(3)30(19-23-11-6-4-7-12-23)27(33)20-31(24-13-10-14-25(17-24)32(35)36)39(37,38)26-15-8-5-9-16-26/h4-17,21-22H,18-20H2,1-3H3,(H,29,34)/t22-/m0/s1. The van der Waals surface area contributed by atoms with E-state index < -0.39 is 33.4 Å². The van der Waals surface area contributed by atoms with Crippen molar-refractivity contribution in [3.8, 4) is 0 Å². The quantitative estimate of drug-likeness (QED) is 0.267. The van der Waals surface area contributed by atoms with Crippen LogP contribution >= 0.6 is 0 Å². The van der Waals surface area contributed by atoms with E-state index in [0.717, 1.165) is 15.9 Å². The number of sulfonamides is 1. The fraction of sp³-hybridized carbons (Fsp3) is 0.286. The molecule has 0 spiro atoms. The lowest BCUT2D eigenvalue weighted by Gasteiger charge is -2.32. The highest BCUT2D eigenvalue weighted by Gasteiger charge is 2.33. The highest BCUT2D eigenvalue weighted by molar-refractivity contribution is 7.92. The maximum atomic E-state index is 13.8. The second-order valence-corrected chi connectivity index (χ2v) is 11.3. The van der Waals surface area contributed by atoms with E-state index in [1.165, 1.54) is 35.2 Å². The van der Waals surface area contributed by atoms with Crippen molar-refractivity contribution < 1.29 is 22.9 Å². The van der Waals surface area contributed by atoms with Gasteiger partial charge < -0.3 is 10.2 Å². The van der Waals surface area contributed by atoms with E-state index in [0.29, 0.717) is 6.54 Å². The monoisotopic (exact) mass is 552 g/mol. The molecule has 0 heterocycles. The molecule has 1 N–H and O–H groups in total. The van der Waals surface area contributed by atoms with E-state index in [9.17, 15) is 28.1 Å². The van der Waals surface area contributed by atoms with Crippen LogP contribution in [0.2, 0.25) is 0 Å². The van der Waals surface area contributed by atoms with Gasteiger partial charge in [-0.3, -0.25) is 24.0 Å². The predicted octanol–water partition coefficient (Wildman–Crippen LogP) is 3.98. The van der Waals surface area contributed by atoms with Crippen LogP contribution in [-0.2, 0) is 26.2 Å². The van der Waals surface area contributed by atoms with Gasteiger partial charge in [0.2, 0.25) is 11.8 Å². The third-order valence-electron chi connectivity index (χ3n) is 5.99. The lowest BCUT2D eigenvalue weighted by molar-refractivity contribution is -0.384. The fourth-order valence-electron chi connectivity index (χ4n) is 3.83. The van der Waals surface area contributed by atoms with Gasteiger partial charge in [0, 0.05) is 25.2 Å². The molecule has 3 rings (SSSR count). The molecule has 3 aromatic carbocycles. The van der Waals surface area contributed by atoms with E-state index in [2.05, 4.69) is 5.32 Å². The molecule has 0 radical (unpaired) electrons. The number of rotatable bonds is 12. The minimum atomic E-state index is -4.30. The number of carbonyl (C=O) groups is 2. The molecular weight excluding hydrogens is 520 g/mol. The van der Waals surface area contributed by atoms with Crippen molar-refractivity contribution in [3.63, 3.8) is 0 Å². The zero-order valence-corrected chi connectivity index (χ0v) is 22.9. The van der Waals surface area contributed by atoms with Gasteiger partial charge >= 0.3 is 0 Å². The van der Waals surface area contributed by atoms with Crippen molar-refractivity contribution in [1.29, 1.82) is 0 Å². The summed E-state index contributed by atoms with van der Waals surface area (Å²) in [6, 6.07) is 20.7. The van der Waals surface area contributed by atoms with Crippen molar-refractivity contribution in [2.45, 2.75) is 38.3 Å². The number of nitro groups is 1. The Bertz CT molecular complexity index is 1400. The lowest BCUT2D eigenvalue weighted by Crippen LogP contribution is -2.51. The van der Waals surface area contributed by atoms with Crippen molar-refractivity contribution in [2.75, 3.05) is 17.4 Å². The van der Waals surface area contributed by atoms with Crippen LogP contribution in [0.4, 0.5) is 11.4 Å². The van der Waals surface area contributed by atoms with E-state index >= 15 is 0 Å². The van der Waals surface area contributed by atoms with Crippen LogP contribution in [0.25, 0.3) is 0 Å². The predicted molar refractivity (Wildman–Crippen MR) is 148 cm³/mol. The van der Waals surface area contributed by atoms with Crippen molar-refractivity contribution in [1.82, 2.24) is 10.2 Å². The Labute approximate surface area is 228 Å². The first-order chi connectivity index (χ1) is 18.5. The Morgan fingerprint density at radius 3 is 2.13 bits per heavy atom. The largest absolute Gasteiger partial charge is 0.354 e. The molecule has 0 aliphatic heterocycles. The Kier molecular flexibility index (Phi) is 9.78. The number of non-ortho nitro benzene ring substituents is 1. The van der Waals surface area contributed by atoms with Crippen LogP contribution in [0.1, 0.15) is 26.3 Å². The zero-order chi connectivity index (χ0) is 28.6. The molecule has 0 fully saturated rings. The van der Waals surface area contributed by atoms with Gasteiger partial charge in [0.1, 0.15) is 12.6 Å². The maximum Gasteiger partial charge on any atom is 0.271 e. The number of nitrogens with zero attached hydrogens (tertiary/aromatic N) is 3. The molecule has 39 heavy (non-hydrogen) atoms. The van der Waals surface area contributed by atoms with E-state index in [-0.39, 0.29) is 34.6 Å². The van der Waals surface area contributed by atoms with Gasteiger partial charge in [-0.2, -0.15) is 0 Å². The van der Waals surface area contributed by atoms with E-state index in [1.807, 2.05) is 19.9 Å². The molecule has 10 nitrogen and oxygen atoms in total. The van der Waals surface area contributed by atoms with Crippen LogP contribution in [0.3, 0.4) is 0 Å². The first-order valence-electron chi connectivity index (χ1n) is 12.4. The molecule has 0 saturated heterocycles. The number of nitrogens with one attached hydrogen (secondary N) is 1. The summed E-state index contributed by atoms with van der Waals surface area (Å²) in [6.45, 7) is 5.28. The second-order valence-electron chi connectivity index (χ2n) is 9.42. The summed E-state index contributed by atoms with van der Waals surface area (Å²) in [7, 11) is -4.30. The van der Waals surface area contributed by atoms with Gasteiger partial charge in [-0.15, -0.1) is 0 Å². The number of amides is 2. The second kappa shape index (κ2) is 13.0. The molecule has 1 atom stereocenters. The van der Waals surface area contributed by atoms with Crippen molar-refractivity contribution in [3.05, 3.63) is 101 Å². The van der Waals surface area contributed by atoms with Gasteiger partial charge in [0.25, 0.3) is 15.7 Å². The molecule has 0 aliphatic carbocycles. The average Bonchev–Trinajstić information content (AvgIpc) is 2.93. The molecule has 0 saturated carbocycles. The van der Waals surface area contributed by atoms with Gasteiger partial charge in [-0.25, -0.2) is 8.42 Å². The number of benzene rings is 3. The number of anilines is 1. The summed E-state index contributed by atoms with van der Waals surface area (Å²) in [5.41, 5.74) is 0.385. The normalized spacial score (nSPS) is 12.0. The first kappa shape index (κ1) is 29.3. The van der Waals surface area contributed by atoms with Crippen molar-refractivity contribution >= 4 is 33.2 Å². The number of hydrogen-bond acceptors (Lipinski definition) is 6. The number of carbonyl (C=O) groups excluding carboxylic acids is 2. The first-order valence-corrected chi connectivity index (χ1v) is 13.9. The molecule has 0 aliphatic rings. The number of nitro benzene ring substituents is 1. The summed E-state index contributed by atoms with van der Waals surface area (Å²) < 4.78 is 28.3. The van der Waals surface area contributed by atoms with Crippen LogP contribution in [0.5, 0.6) is 0 Å². The maximum absolute atomic E-state index is 13.8. The summed E-state index contributed by atoms with van der Waals surface area (Å²) in [4.78, 5) is 38.8. The van der Waals surface area contributed by atoms with Gasteiger partial charge in [-0.05, 0) is 36.6 Å². The third kappa shape index (κ3) is 7.64. The summed E-state index contributed by atoms with van der Waals surface area (Å²) in [6.07, 6.45) is 0. The lowest BCUT2D eigenvalue weighted by atomic mass is 10.1. The minimum Gasteiger partial charge on any atom is -0.354 e. The molecule has 2 amide bonds.